The zero-order chi connectivity index (χ0) is 33.8. The van der Waals surface area contributed by atoms with Crippen LogP contribution in [0.4, 0.5) is 16.2 Å². The van der Waals surface area contributed by atoms with Gasteiger partial charge in [0, 0.05) is 68.3 Å². The van der Waals surface area contributed by atoms with Gasteiger partial charge in [-0.1, -0.05) is 56.1 Å². The molecule has 2 aromatic heterocycles. The van der Waals surface area contributed by atoms with E-state index in [9.17, 15) is 25.0 Å². The number of nitrogens with zero attached hydrogens (tertiary/aromatic N) is 4. The smallest absolute Gasteiger partial charge is 0.447 e. The molecule has 6 aromatic rings. The number of nitro groups is 2. The van der Waals surface area contributed by atoms with Crippen LogP contribution in [-0.4, -0.2) is 26.0 Å². The molecule has 0 amide bonds. The highest BCUT2D eigenvalue weighted by molar-refractivity contribution is 9.10. The average molecular weight is 776 g/mol. The van der Waals surface area contributed by atoms with Crippen molar-refractivity contribution >= 4 is 49.4 Å². The van der Waals surface area contributed by atoms with Crippen LogP contribution in [-0.2, 0) is 12.8 Å². The van der Waals surface area contributed by atoms with E-state index < -0.39 is 16.0 Å². The minimum atomic E-state index is -1.18. The highest BCUT2D eigenvalue weighted by Crippen LogP contribution is 2.34. The lowest BCUT2D eigenvalue weighted by atomic mass is 10.0. The molecule has 0 N–H and O–H groups in total. The van der Waals surface area contributed by atoms with Crippen LogP contribution in [0.3, 0.4) is 0 Å². The van der Waals surface area contributed by atoms with E-state index in [1.54, 1.807) is 0 Å². The van der Waals surface area contributed by atoms with Crippen molar-refractivity contribution in [2.24, 2.45) is 0 Å². The summed E-state index contributed by atoms with van der Waals surface area (Å²) in [6.45, 7) is 0. The van der Waals surface area contributed by atoms with E-state index in [4.69, 9.17) is 18.3 Å². The van der Waals surface area contributed by atoms with Crippen molar-refractivity contribution < 1.29 is 32.9 Å². The van der Waals surface area contributed by atoms with E-state index in [1.165, 1.54) is 49.2 Å². The quantitative estimate of drug-likeness (QED) is 0.0562. The molecule has 0 spiro atoms. The second-order valence-corrected chi connectivity index (χ2v) is 12.0. The van der Waals surface area contributed by atoms with E-state index in [1.807, 2.05) is 48.5 Å². The lowest BCUT2D eigenvalue weighted by Crippen LogP contribution is -2.16. The minimum Gasteiger partial charge on any atom is -0.447 e. The van der Waals surface area contributed by atoms with Crippen molar-refractivity contribution in [3.8, 4) is 34.0 Å². The Kier molecular flexibility index (Phi) is 9.40. The first-order valence-corrected chi connectivity index (χ1v) is 15.5. The Morgan fingerprint density at radius 1 is 0.646 bits per heavy atom. The number of carbonyl (C=O) groups is 1. The third-order valence-electron chi connectivity index (χ3n) is 7.12. The van der Waals surface area contributed by atoms with E-state index in [0.717, 1.165) is 20.1 Å². The molecule has 0 saturated heterocycles. The predicted molar refractivity (Wildman–Crippen MR) is 178 cm³/mol. The van der Waals surface area contributed by atoms with Gasteiger partial charge in [0.25, 0.3) is 11.4 Å². The Morgan fingerprint density at radius 2 is 1.04 bits per heavy atom. The molecule has 0 unspecified atom stereocenters. The molecule has 0 atom stereocenters. The van der Waals surface area contributed by atoms with Gasteiger partial charge in [-0.3, -0.25) is 20.2 Å². The molecule has 240 valence electrons. The van der Waals surface area contributed by atoms with Crippen molar-refractivity contribution in [3.05, 3.63) is 150 Å². The van der Waals surface area contributed by atoms with Gasteiger partial charge in [-0.25, -0.2) is 14.8 Å². The molecule has 15 heteroatoms. The molecule has 0 bridgehead atoms. The van der Waals surface area contributed by atoms with Gasteiger partial charge in [-0.2, -0.15) is 0 Å². The number of ether oxygens (including phenoxy) is 2. The largest absolute Gasteiger partial charge is 0.519 e. The Balaban J connectivity index is 1.27. The van der Waals surface area contributed by atoms with Crippen LogP contribution in [0, 0.1) is 20.2 Å². The number of halogens is 2. The molecule has 13 nitrogen and oxygen atoms in total. The first-order valence-electron chi connectivity index (χ1n) is 14.0. The summed E-state index contributed by atoms with van der Waals surface area (Å²) < 4.78 is 24.0. The number of benzene rings is 4. The predicted octanol–water partition coefficient (Wildman–Crippen LogP) is 9.10. The Bertz CT molecular complexity index is 1990. The van der Waals surface area contributed by atoms with Gasteiger partial charge in [0.15, 0.2) is 12.8 Å². The first-order chi connectivity index (χ1) is 23.1. The summed E-state index contributed by atoms with van der Waals surface area (Å²) in [7, 11) is 0. The third-order valence-corrected chi connectivity index (χ3v) is 8.17. The Labute approximate surface area is 287 Å². The third kappa shape index (κ3) is 7.32. The zero-order valence-electron chi connectivity index (χ0n) is 24.4. The highest BCUT2D eigenvalue weighted by atomic mass is 79.9. The number of hydrogen-bond donors (Lipinski definition) is 0. The van der Waals surface area contributed by atoms with Gasteiger partial charge in [-0.05, 0) is 36.4 Å². The molecule has 2 heterocycles. The summed E-state index contributed by atoms with van der Waals surface area (Å²) in [5.41, 5.74) is 2.54. The van der Waals surface area contributed by atoms with Crippen LogP contribution in [0.25, 0.3) is 22.5 Å². The monoisotopic (exact) mass is 774 g/mol. The fraction of sp³-hybridized carbons (Fsp3) is 0.0606. The maximum atomic E-state index is 13.2. The number of carbonyl (C=O) groups excluding carboxylic acids is 1. The van der Waals surface area contributed by atoms with Crippen LogP contribution in [0.1, 0.15) is 22.6 Å². The van der Waals surface area contributed by atoms with Gasteiger partial charge in [0.2, 0.25) is 0 Å². The number of aromatic nitrogens is 2. The summed E-state index contributed by atoms with van der Waals surface area (Å²) >= 11 is 6.79. The molecule has 6 rings (SSSR count). The van der Waals surface area contributed by atoms with Crippen molar-refractivity contribution in [1.82, 2.24) is 9.97 Å². The average Bonchev–Trinajstić information content (AvgIpc) is 3.73. The molecule has 0 radical (unpaired) electrons. The summed E-state index contributed by atoms with van der Waals surface area (Å²) in [5, 5.41) is 23.2. The molecule has 0 aliphatic heterocycles. The van der Waals surface area contributed by atoms with E-state index in [2.05, 4.69) is 41.8 Å². The van der Waals surface area contributed by atoms with Crippen molar-refractivity contribution in [2.45, 2.75) is 12.8 Å². The molecule has 48 heavy (non-hydrogen) atoms. The maximum Gasteiger partial charge on any atom is 0.519 e. The molecule has 4 aromatic carbocycles. The van der Waals surface area contributed by atoms with E-state index in [0.29, 0.717) is 22.9 Å². The molecule has 0 saturated carbocycles. The Morgan fingerprint density at radius 3 is 1.42 bits per heavy atom. The lowest BCUT2D eigenvalue weighted by Gasteiger charge is -2.12. The number of hydrogen-bond acceptors (Lipinski definition) is 11. The van der Waals surface area contributed by atoms with Crippen molar-refractivity contribution in [2.75, 3.05) is 0 Å². The van der Waals surface area contributed by atoms with Crippen LogP contribution < -0.4 is 9.47 Å². The number of nitro benzene ring substituents is 2. The van der Waals surface area contributed by atoms with E-state index in [-0.39, 0.29) is 46.8 Å². The lowest BCUT2D eigenvalue weighted by molar-refractivity contribution is -0.385. The number of non-ortho nitro benzene ring substituents is 2. The summed E-state index contributed by atoms with van der Waals surface area (Å²) in [6, 6.07) is 22.1. The summed E-state index contributed by atoms with van der Waals surface area (Å²) in [6.07, 6.45) is 1.31. The molecule has 0 fully saturated rings. The van der Waals surface area contributed by atoms with Crippen molar-refractivity contribution in [3.63, 3.8) is 0 Å². The van der Waals surface area contributed by atoms with Gasteiger partial charge in [0.1, 0.15) is 34.4 Å². The van der Waals surface area contributed by atoms with Crippen molar-refractivity contribution in [1.29, 1.82) is 0 Å². The number of rotatable bonds is 10. The molecule has 0 aliphatic carbocycles. The van der Waals surface area contributed by atoms with Gasteiger partial charge in [-0.15, -0.1) is 0 Å². The standard InChI is InChI=1S/C33H20Br2N4O9/c34-23-5-1-19(2-6-23)31-29(45-17-36-31)15-21-13-25(38(41)42)9-11-27(21)47-33(40)48-28-12-10-26(39(43)44)14-22(28)16-30-32(37-18-46-30)20-3-7-24(35)8-4-20/h1-14,17-18H,15-16H2. The highest BCUT2D eigenvalue weighted by Gasteiger charge is 2.23. The van der Waals surface area contributed by atoms with Gasteiger partial charge >= 0.3 is 6.16 Å². The second-order valence-electron chi connectivity index (χ2n) is 10.2. The maximum absolute atomic E-state index is 13.2. The van der Waals surface area contributed by atoms with Crippen LogP contribution in [0.5, 0.6) is 11.5 Å². The SMILES string of the molecule is O=C(Oc1ccc([N+](=O)[O-])cc1Cc1ocnc1-c1ccc(Br)cc1)Oc1ccc([N+](=O)[O-])cc1Cc1ocnc1-c1ccc(Br)cc1. The second kappa shape index (κ2) is 14.0. The number of oxazole rings is 2. The first kappa shape index (κ1) is 32.3. The Hall–Kier alpha value is -5.67. The summed E-state index contributed by atoms with van der Waals surface area (Å²) in [4.78, 5) is 43.8. The van der Waals surface area contributed by atoms with E-state index >= 15 is 0 Å². The fourth-order valence-electron chi connectivity index (χ4n) is 4.86. The fourth-order valence-corrected chi connectivity index (χ4v) is 5.39. The molecule has 0 aliphatic rings. The summed E-state index contributed by atoms with van der Waals surface area (Å²) in [5.74, 6) is 0.699. The van der Waals surface area contributed by atoms with Crippen LogP contribution in [0.15, 0.2) is 115 Å². The normalized spacial score (nSPS) is 10.9. The van der Waals surface area contributed by atoms with Crippen LogP contribution >= 0.6 is 31.9 Å². The van der Waals surface area contributed by atoms with Gasteiger partial charge < -0.3 is 18.3 Å². The topological polar surface area (TPSA) is 174 Å². The van der Waals surface area contributed by atoms with Crippen LogP contribution in [0.2, 0.25) is 0 Å². The molecular formula is C33H20Br2N4O9. The van der Waals surface area contributed by atoms with Gasteiger partial charge in [0.05, 0.1) is 9.85 Å². The zero-order valence-corrected chi connectivity index (χ0v) is 27.5. The minimum absolute atomic E-state index is 0.0111. The molecular weight excluding hydrogens is 756 g/mol.